The van der Waals surface area contributed by atoms with Crippen LogP contribution in [0.2, 0.25) is 0 Å². The number of amides is 2. The molecule has 1 fully saturated rings. The molecule has 0 spiro atoms. The molecule has 108 valence electrons. The number of carbonyl (C=O) groups excluding carboxylic acids is 2. The van der Waals surface area contributed by atoms with Gasteiger partial charge in [0.15, 0.2) is 0 Å². The monoisotopic (exact) mass is 285 g/mol. The summed E-state index contributed by atoms with van der Waals surface area (Å²) in [6.45, 7) is 6.59. The number of thiocarbonyl (C=S) groups is 1. The van der Waals surface area contributed by atoms with Gasteiger partial charge in [0, 0.05) is 20.1 Å². The topological polar surface area (TPSA) is 66.6 Å². The molecule has 0 saturated carbocycles. The highest BCUT2D eigenvalue weighted by molar-refractivity contribution is 7.80. The fourth-order valence-corrected chi connectivity index (χ4v) is 2.68. The first-order valence-corrected chi connectivity index (χ1v) is 7.00. The molecule has 1 aliphatic rings. The van der Waals surface area contributed by atoms with Gasteiger partial charge in [-0.2, -0.15) is 0 Å². The molecule has 2 amide bonds. The summed E-state index contributed by atoms with van der Waals surface area (Å²) in [5.41, 5.74) is 4.84. The molecule has 0 aromatic carbocycles. The van der Waals surface area contributed by atoms with E-state index in [0.717, 1.165) is 6.42 Å². The minimum Gasteiger partial charge on any atom is -0.393 e. The van der Waals surface area contributed by atoms with Crippen LogP contribution in [0.15, 0.2) is 0 Å². The van der Waals surface area contributed by atoms with Crippen LogP contribution in [-0.2, 0) is 9.59 Å². The summed E-state index contributed by atoms with van der Waals surface area (Å²) in [6.07, 6.45) is 1.46. The minimum atomic E-state index is -0.832. The molecule has 5 nitrogen and oxygen atoms in total. The molecule has 19 heavy (non-hydrogen) atoms. The van der Waals surface area contributed by atoms with E-state index in [1.807, 2.05) is 6.92 Å². The summed E-state index contributed by atoms with van der Waals surface area (Å²) in [5, 5.41) is 0. The third-order valence-corrected chi connectivity index (χ3v) is 3.97. The predicted octanol–water partition coefficient (Wildman–Crippen LogP) is 0.768. The van der Waals surface area contributed by atoms with Crippen molar-refractivity contribution in [3.63, 3.8) is 0 Å². The molecule has 1 unspecified atom stereocenters. The Kier molecular flexibility index (Phi) is 4.90. The van der Waals surface area contributed by atoms with Gasteiger partial charge in [-0.3, -0.25) is 9.59 Å². The number of likely N-dealkylation sites (N-methyl/N-ethyl adjacent to an activating group) is 1. The fraction of sp³-hybridized carbons (Fsp3) is 0.769. The van der Waals surface area contributed by atoms with Crippen molar-refractivity contribution in [1.82, 2.24) is 9.80 Å². The fourth-order valence-electron chi connectivity index (χ4n) is 2.46. The summed E-state index contributed by atoms with van der Waals surface area (Å²) < 4.78 is 0. The van der Waals surface area contributed by atoms with Gasteiger partial charge >= 0.3 is 0 Å². The molecule has 0 aromatic heterocycles. The summed E-state index contributed by atoms with van der Waals surface area (Å²) in [6, 6.07) is 0. The van der Waals surface area contributed by atoms with Crippen LogP contribution in [0.4, 0.5) is 0 Å². The summed E-state index contributed by atoms with van der Waals surface area (Å²) in [5.74, 6) is -0.637. The summed E-state index contributed by atoms with van der Waals surface area (Å²) >= 11 is 4.99. The molecule has 6 heteroatoms. The van der Waals surface area contributed by atoms with Crippen LogP contribution in [0.1, 0.15) is 33.6 Å². The van der Waals surface area contributed by atoms with E-state index in [-0.39, 0.29) is 16.8 Å². The largest absolute Gasteiger partial charge is 0.393 e. The lowest BCUT2D eigenvalue weighted by Crippen LogP contribution is -2.65. The highest BCUT2D eigenvalue weighted by Gasteiger charge is 2.44. The number of hydrogen-bond donors (Lipinski definition) is 1. The van der Waals surface area contributed by atoms with Crippen LogP contribution in [0.25, 0.3) is 0 Å². The van der Waals surface area contributed by atoms with Crippen molar-refractivity contribution in [2.24, 2.45) is 11.7 Å². The van der Waals surface area contributed by atoms with Crippen LogP contribution in [0, 0.1) is 5.92 Å². The van der Waals surface area contributed by atoms with Crippen molar-refractivity contribution in [2.75, 3.05) is 20.1 Å². The van der Waals surface area contributed by atoms with Crippen molar-refractivity contribution in [2.45, 2.75) is 39.2 Å². The first-order chi connectivity index (χ1) is 8.73. The van der Waals surface area contributed by atoms with Crippen molar-refractivity contribution in [3.8, 4) is 0 Å². The van der Waals surface area contributed by atoms with Crippen LogP contribution in [0.3, 0.4) is 0 Å². The molecule has 1 heterocycles. The zero-order valence-corrected chi connectivity index (χ0v) is 12.9. The van der Waals surface area contributed by atoms with E-state index in [4.69, 9.17) is 18.0 Å². The molecule has 2 N–H and O–H groups in total. The minimum absolute atomic E-state index is 0.0507. The number of nitrogens with two attached hydrogens (primary N) is 1. The van der Waals surface area contributed by atoms with Gasteiger partial charge in [-0.25, -0.2) is 0 Å². The van der Waals surface area contributed by atoms with Gasteiger partial charge in [0.2, 0.25) is 11.8 Å². The van der Waals surface area contributed by atoms with E-state index in [1.165, 1.54) is 0 Å². The lowest BCUT2D eigenvalue weighted by atomic mass is 9.93. The predicted molar refractivity (Wildman–Crippen MR) is 78.6 cm³/mol. The van der Waals surface area contributed by atoms with Crippen molar-refractivity contribution >= 4 is 29.0 Å². The number of nitrogens with zero attached hydrogens (tertiary/aromatic N) is 2. The third kappa shape index (κ3) is 3.05. The van der Waals surface area contributed by atoms with Crippen molar-refractivity contribution in [3.05, 3.63) is 0 Å². The summed E-state index contributed by atoms with van der Waals surface area (Å²) in [7, 11) is 1.75. The van der Waals surface area contributed by atoms with Crippen LogP contribution in [0.5, 0.6) is 0 Å². The van der Waals surface area contributed by atoms with E-state index >= 15 is 0 Å². The maximum atomic E-state index is 12.6. The number of carbonyl (C=O) groups is 2. The standard InChI is InChI=1S/C13H23N3O2S/c1-5-6-9(10(14)19)11(17)16-8-7-15(4)12(18)13(16,2)3/h9H,5-8H2,1-4H3,(H2,14,19). The Morgan fingerprint density at radius 1 is 1.47 bits per heavy atom. The van der Waals surface area contributed by atoms with Gasteiger partial charge in [0.05, 0.1) is 10.9 Å². The lowest BCUT2D eigenvalue weighted by molar-refractivity contribution is -0.158. The van der Waals surface area contributed by atoms with E-state index < -0.39 is 11.5 Å². The molecule has 1 aliphatic heterocycles. The van der Waals surface area contributed by atoms with E-state index in [2.05, 4.69) is 0 Å². The number of piperazine rings is 1. The average Bonchev–Trinajstić information content (AvgIpc) is 2.32. The smallest absolute Gasteiger partial charge is 0.247 e. The normalized spacial score (nSPS) is 20.3. The van der Waals surface area contributed by atoms with Crippen LogP contribution < -0.4 is 5.73 Å². The van der Waals surface area contributed by atoms with Crippen molar-refractivity contribution in [1.29, 1.82) is 0 Å². The highest BCUT2D eigenvalue weighted by Crippen LogP contribution is 2.25. The summed E-state index contributed by atoms with van der Waals surface area (Å²) in [4.78, 5) is 28.3. The maximum absolute atomic E-state index is 12.6. The second-order valence-corrected chi connectivity index (χ2v) is 5.99. The Hall–Kier alpha value is -1.17. The van der Waals surface area contributed by atoms with E-state index in [0.29, 0.717) is 19.5 Å². The molecule has 0 bridgehead atoms. The molecule has 1 saturated heterocycles. The van der Waals surface area contributed by atoms with Crippen LogP contribution in [-0.4, -0.2) is 52.3 Å². The Bertz CT molecular complexity index is 395. The van der Waals surface area contributed by atoms with Gasteiger partial charge in [0.1, 0.15) is 5.54 Å². The Labute approximate surface area is 120 Å². The zero-order chi connectivity index (χ0) is 14.8. The second kappa shape index (κ2) is 5.86. The molecular formula is C13H23N3O2S. The number of rotatable bonds is 4. The van der Waals surface area contributed by atoms with Gasteiger partial charge in [-0.15, -0.1) is 0 Å². The SMILES string of the molecule is CCCC(C(=O)N1CCN(C)C(=O)C1(C)C)C(N)=S. The van der Waals surface area contributed by atoms with Gasteiger partial charge in [-0.05, 0) is 20.3 Å². The third-order valence-electron chi connectivity index (χ3n) is 3.69. The van der Waals surface area contributed by atoms with Gasteiger partial charge < -0.3 is 15.5 Å². The Balaban J connectivity index is 2.97. The molecule has 1 atom stereocenters. The second-order valence-electron chi connectivity index (χ2n) is 5.52. The Morgan fingerprint density at radius 3 is 2.53 bits per heavy atom. The van der Waals surface area contributed by atoms with Crippen molar-refractivity contribution < 1.29 is 9.59 Å². The van der Waals surface area contributed by atoms with Gasteiger partial charge in [-0.1, -0.05) is 25.6 Å². The van der Waals surface area contributed by atoms with E-state index in [1.54, 1.807) is 30.7 Å². The van der Waals surface area contributed by atoms with Crippen LogP contribution >= 0.6 is 12.2 Å². The molecule has 0 aromatic rings. The number of hydrogen-bond acceptors (Lipinski definition) is 3. The molecule has 0 aliphatic carbocycles. The quantitative estimate of drug-likeness (QED) is 0.775. The Morgan fingerprint density at radius 2 is 2.05 bits per heavy atom. The lowest BCUT2D eigenvalue weighted by Gasteiger charge is -2.45. The first kappa shape index (κ1) is 15.9. The average molecular weight is 285 g/mol. The first-order valence-electron chi connectivity index (χ1n) is 6.59. The maximum Gasteiger partial charge on any atom is 0.247 e. The molecular weight excluding hydrogens is 262 g/mol. The molecule has 1 rings (SSSR count). The zero-order valence-electron chi connectivity index (χ0n) is 12.1. The molecule has 0 radical (unpaired) electrons. The van der Waals surface area contributed by atoms with Gasteiger partial charge in [0.25, 0.3) is 0 Å². The highest BCUT2D eigenvalue weighted by atomic mass is 32.1. The van der Waals surface area contributed by atoms with E-state index in [9.17, 15) is 9.59 Å².